The molecule has 0 aromatic heterocycles. The van der Waals surface area contributed by atoms with E-state index in [-0.39, 0.29) is 5.92 Å². The average molecular weight is 124 g/mol. The van der Waals surface area contributed by atoms with Crippen molar-refractivity contribution in [2.24, 2.45) is 5.92 Å². The summed E-state index contributed by atoms with van der Waals surface area (Å²) in [6.07, 6.45) is 8.09. The highest BCUT2D eigenvalue weighted by Gasteiger charge is 2.04. The summed E-state index contributed by atoms with van der Waals surface area (Å²) < 4.78 is 0. The van der Waals surface area contributed by atoms with Crippen LogP contribution in [0.2, 0.25) is 0 Å². The topological polar surface area (TPSA) is 20.2 Å². The molecule has 0 saturated carbocycles. The van der Waals surface area contributed by atoms with E-state index in [4.69, 9.17) is 11.5 Å². The number of aliphatic hydroxyl groups excluding tert-OH is 1. The van der Waals surface area contributed by atoms with Gasteiger partial charge in [-0.1, -0.05) is 25.0 Å². The Balaban J connectivity index is 3.75. The number of allylic oxidation sites excluding steroid dienone is 1. The van der Waals surface area contributed by atoms with Gasteiger partial charge in [0, 0.05) is 5.92 Å². The van der Waals surface area contributed by atoms with Gasteiger partial charge in [0.2, 0.25) is 0 Å². The molecule has 0 amide bonds. The van der Waals surface area contributed by atoms with Crippen LogP contribution in [0.3, 0.4) is 0 Å². The van der Waals surface area contributed by atoms with Crippen molar-refractivity contribution in [3.8, 4) is 12.3 Å². The lowest BCUT2D eigenvalue weighted by atomic mass is 10.1. The summed E-state index contributed by atoms with van der Waals surface area (Å²) in [6, 6.07) is 0. The number of terminal acetylenes is 1. The average Bonchev–Trinajstić information content (AvgIpc) is 1.87. The highest BCUT2D eigenvalue weighted by atomic mass is 16.3. The molecule has 0 heterocycles. The van der Waals surface area contributed by atoms with Crippen LogP contribution in [0.1, 0.15) is 13.8 Å². The van der Waals surface area contributed by atoms with Gasteiger partial charge >= 0.3 is 0 Å². The van der Waals surface area contributed by atoms with Gasteiger partial charge in [0.1, 0.15) is 6.10 Å². The molecule has 0 aromatic rings. The Morgan fingerprint density at radius 3 is 2.56 bits per heavy atom. The van der Waals surface area contributed by atoms with Gasteiger partial charge in [-0.3, -0.25) is 0 Å². The molecular formula is C8H12O. The van der Waals surface area contributed by atoms with Crippen LogP contribution in [0.5, 0.6) is 0 Å². The molecule has 0 bridgehead atoms. The maximum Gasteiger partial charge on any atom is 0.120 e. The normalized spacial score (nSPS) is 17.1. The van der Waals surface area contributed by atoms with E-state index in [2.05, 4.69) is 5.92 Å². The number of aliphatic hydroxyl groups is 1. The van der Waals surface area contributed by atoms with E-state index < -0.39 is 6.10 Å². The molecule has 0 aliphatic heterocycles. The zero-order valence-electron chi connectivity index (χ0n) is 5.83. The molecule has 0 rings (SSSR count). The monoisotopic (exact) mass is 124 g/mol. The molecule has 0 aromatic carbocycles. The van der Waals surface area contributed by atoms with Gasteiger partial charge in [0.05, 0.1) is 0 Å². The van der Waals surface area contributed by atoms with Crippen molar-refractivity contribution in [1.29, 1.82) is 0 Å². The van der Waals surface area contributed by atoms with Crippen LogP contribution in [0.15, 0.2) is 12.2 Å². The molecule has 0 spiro atoms. The maximum absolute atomic E-state index is 8.97. The zero-order valence-corrected chi connectivity index (χ0v) is 5.83. The predicted molar refractivity (Wildman–Crippen MR) is 38.8 cm³/mol. The fraction of sp³-hybridized carbons (Fsp3) is 0.500. The third kappa shape index (κ3) is 2.94. The Labute approximate surface area is 56.4 Å². The van der Waals surface area contributed by atoms with Crippen molar-refractivity contribution < 1.29 is 5.11 Å². The second-order valence-electron chi connectivity index (χ2n) is 2.00. The third-order valence-electron chi connectivity index (χ3n) is 1.16. The molecule has 0 aliphatic rings. The van der Waals surface area contributed by atoms with E-state index in [1.54, 1.807) is 0 Å². The first kappa shape index (κ1) is 8.26. The van der Waals surface area contributed by atoms with Crippen molar-refractivity contribution in [3.05, 3.63) is 12.2 Å². The van der Waals surface area contributed by atoms with E-state index in [0.29, 0.717) is 0 Å². The molecule has 2 atom stereocenters. The Morgan fingerprint density at radius 1 is 1.67 bits per heavy atom. The van der Waals surface area contributed by atoms with Crippen LogP contribution in [-0.2, 0) is 0 Å². The van der Waals surface area contributed by atoms with Crippen LogP contribution in [0.25, 0.3) is 0 Å². The van der Waals surface area contributed by atoms with Crippen molar-refractivity contribution in [1.82, 2.24) is 0 Å². The van der Waals surface area contributed by atoms with E-state index in [9.17, 15) is 0 Å². The number of hydrogen-bond donors (Lipinski definition) is 1. The lowest BCUT2D eigenvalue weighted by Crippen LogP contribution is -2.11. The second kappa shape index (κ2) is 4.17. The van der Waals surface area contributed by atoms with E-state index in [0.717, 1.165) is 0 Å². The van der Waals surface area contributed by atoms with E-state index in [1.165, 1.54) is 0 Å². The van der Waals surface area contributed by atoms with Crippen molar-refractivity contribution >= 4 is 0 Å². The van der Waals surface area contributed by atoms with Crippen LogP contribution >= 0.6 is 0 Å². The molecule has 1 nitrogen and oxygen atoms in total. The lowest BCUT2D eigenvalue weighted by Gasteiger charge is -2.06. The van der Waals surface area contributed by atoms with Crippen molar-refractivity contribution in [3.63, 3.8) is 0 Å². The Bertz CT molecular complexity index is 130. The highest BCUT2D eigenvalue weighted by molar-refractivity contribution is 5.01. The third-order valence-corrected chi connectivity index (χ3v) is 1.16. The number of rotatable bonds is 2. The van der Waals surface area contributed by atoms with Crippen LogP contribution in [0, 0.1) is 18.3 Å². The summed E-state index contributed by atoms with van der Waals surface area (Å²) >= 11 is 0. The largest absolute Gasteiger partial charge is 0.380 e. The standard InChI is InChI=1S/C8H12O/c1-4-6-7(3)8(9)5-2/h2,4,6-9H,1,3H3/b6-4+/t7-,8+/m1/s1. The summed E-state index contributed by atoms with van der Waals surface area (Å²) in [5.41, 5.74) is 0. The minimum atomic E-state index is -0.638. The molecule has 0 aliphatic carbocycles. The van der Waals surface area contributed by atoms with E-state index in [1.807, 2.05) is 26.0 Å². The molecule has 50 valence electrons. The maximum atomic E-state index is 8.97. The molecule has 1 N–H and O–H groups in total. The molecule has 1 heteroatoms. The van der Waals surface area contributed by atoms with Gasteiger partial charge in [-0.25, -0.2) is 0 Å². The summed E-state index contributed by atoms with van der Waals surface area (Å²) in [7, 11) is 0. The first-order valence-corrected chi connectivity index (χ1v) is 2.99. The Kier molecular flexibility index (Phi) is 3.83. The molecule has 0 unspecified atom stereocenters. The van der Waals surface area contributed by atoms with Crippen molar-refractivity contribution in [2.75, 3.05) is 0 Å². The van der Waals surface area contributed by atoms with Crippen molar-refractivity contribution in [2.45, 2.75) is 20.0 Å². The summed E-state index contributed by atoms with van der Waals surface area (Å²) in [6.45, 7) is 3.78. The summed E-state index contributed by atoms with van der Waals surface area (Å²) in [5, 5.41) is 8.97. The fourth-order valence-corrected chi connectivity index (χ4v) is 0.561. The SMILES string of the molecule is C#C[C@H](O)[C@H](C)/C=C/C. The molecule has 9 heavy (non-hydrogen) atoms. The molecular weight excluding hydrogens is 112 g/mol. The van der Waals surface area contributed by atoms with Crippen LogP contribution < -0.4 is 0 Å². The quantitative estimate of drug-likeness (QED) is 0.433. The highest BCUT2D eigenvalue weighted by Crippen LogP contribution is 2.02. The first-order chi connectivity index (χ1) is 4.22. The van der Waals surface area contributed by atoms with Gasteiger partial charge in [0.15, 0.2) is 0 Å². The lowest BCUT2D eigenvalue weighted by molar-refractivity contribution is 0.195. The van der Waals surface area contributed by atoms with E-state index >= 15 is 0 Å². The minimum absolute atomic E-state index is 0.0694. The molecule has 0 saturated heterocycles. The van der Waals surface area contributed by atoms with Gasteiger partial charge in [-0.05, 0) is 6.92 Å². The molecule has 0 fully saturated rings. The smallest absolute Gasteiger partial charge is 0.120 e. The van der Waals surface area contributed by atoms with Gasteiger partial charge < -0.3 is 5.11 Å². The summed E-state index contributed by atoms with van der Waals surface area (Å²) in [5.74, 6) is 2.32. The minimum Gasteiger partial charge on any atom is -0.380 e. The second-order valence-corrected chi connectivity index (χ2v) is 2.00. The number of hydrogen-bond acceptors (Lipinski definition) is 1. The van der Waals surface area contributed by atoms with Crippen LogP contribution in [-0.4, -0.2) is 11.2 Å². The van der Waals surface area contributed by atoms with Gasteiger partial charge in [0.25, 0.3) is 0 Å². The Hall–Kier alpha value is -0.740. The predicted octanol–water partition coefficient (Wildman–Crippen LogP) is 1.19. The summed E-state index contributed by atoms with van der Waals surface area (Å²) in [4.78, 5) is 0. The molecule has 0 radical (unpaired) electrons. The van der Waals surface area contributed by atoms with Crippen LogP contribution in [0.4, 0.5) is 0 Å². The first-order valence-electron chi connectivity index (χ1n) is 2.99. The van der Waals surface area contributed by atoms with Gasteiger partial charge in [-0.2, -0.15) is 0 Å². The Morgan fingerprint density at radius 2 is 2.22 bits per heavy atom. The zero-order chi connectivity index (χ0) is 7.28. The fourth-order valence-electron chi connectivity index (χ4n) is 0.561. The van der Waals surface area contributed by atoms with Gasteiger partial charge in [-0.15, -0.1) is 6.42 Å².